The Balaban J connectivity index is 0.00000392. The highest BCUT2D eigenvalue weighted by atomic mass is 127. The van der Waals surface area contributed by atoms with Crippen LogP contribution in [0.2, 0.25) is 0 Å². The molecule has 2 heterocycles. The Morgan fingerprint density at radius 1 is 1.32 bits per heavy atom. The summed E-state index contributed by atoms with van der Waals surface area (Å²) in [4.78, 5) is 10.8. The number of nitrogens with zero attached hydrogens (tertiary/aromatic N) is 3. The van der Waals surface area contributed by atoms with E-state index in [0.29, 0.717) is 18.5 Å². The van der Waals surface area contributed by atoms with Crippen LogP contribution in [-0.2, 0) is 10.0 Å². The molecule has 3 N–H and O–H groups in total. The molecule has 160 valence electrons. The number of aromatic nitrogens is 1. The first kappa shape index (κ1) is 25.1. The van der Waals surface area contributed by atoms with Gasteiger partial charge in [0.1, 0.15) is 4.90 Å². The minimum absolute atomic E-state index is 0. The van der Waals surface area contributed by atoms with Crippen LogP contribution in [0.4, 0.5) is 0 Å². The van der Waals surface area contributed by atoms with Gasteiger partial charge < -0.3 is 15.5 Å². The Morgan fingerprint density at radius 2 is 2.07 bits per heavy atom. The number of unbranched alkanes of at least 4 members (excludes halogenated alkanes) is 1. The number of hydrogen-bond donors (Lipinski definition) is 3. The number of sulfonamides is 1. The van der Waals surface area contributed by atoms with E-state index in [9.17, 15) is 8.42 Å². The van der Waals surface area contributed by atoms with Gasteiger partial charge in [0.15, 0.2) is 5.96 Å². The van der Waals surface area contributed by atoms with E-state index >= 15 is 0 Å². The van der Waals surface area contributed by atoms with Crippen LogP contribution >= 0.6 is 24.0 Å². The maximum Gasteiger partial charge on any atom is 0.242 e. The number of likely N-dealkylation sites (tertiary alicyclic amines) is 1. The van der Waals surface area contributed by atoms with E-state index in [1.165, 1.54) is 31.6 Å². The lowest BCUT2D eigenvalue weighted by Crippen LogP contribution is -2.49. The van der Waals surface area contributed by atoms with Crippen LogP contribution in [0.3, 0.4) is 0 Å². The number of pyridine rings is 1. The normalized spacial score (nSPS) is 16.4. The van der Waals surface area contributed by atoms with Crippen LogP contribution in [0.5, 0.6) is 0 Å². The molecule has 0 aromatic carbocycles. The van der Waals surface area contributed by atoms with Gasteiger partial charge in [-0.2, -0.15) is 0 Å². The molecular formula is C18H33IN6O2S. The van der Waals surface area contributed by atoms with Crippen molar-refractivity contribution < 1.29 is 8.42 Å². The number of piperidine rings is 1. The molecule has 1 fully saturated rings. The van der Waals surface area contributed by atoms with Crippen molar-refractivity contribution in [3.05, 3.63) is 24.5 Å². The van der Waals surface area contributed by atoms with Crippen LogP contribution in [0.1, 0.15) is 32.6 Å². The van der Waals surface area contributed by atoms with Gasteiger partial charge in [-0.05, 0) is 37.9 Å². The fraction of sp³-hybridized carbons (Fsp3) is 0.667. The second-order valence-corrected chi connectivity index (χ2v) is 8.47. The average molecular weight is 524 g/mol. The summed E-state index contributed by atoms with van der Waals surface area (Å²) in [7, 11) is -1.80. The molecular weight excluding hydrogens is 491 g/mol. The predicted octanol–water partition coefficient (Wildman–Crippen LogP) is 1.41. The second kappa shape index (κ2) is 13.3. The van der Waals surface area contributed by atoms with Crippen molar-refractivity contribution in [3.63, 3.8) is 0 Å². The van der Waals surface area contributed by atoms with Crippen LogP contribution in [-0.4, -0.2) is 70.1 Å². The summed E-state index contributed by atoms with van der Waals surface area (Å²) < 4.78 is 26.8. The molecule has 0 bridgehead atoms. The quantitative estimate of drug-likeness (QED) is 0.196. The van der Waals surface area contributed by atoms with Gasteiger partial charge in [0.25, 0.3) is 0 Å². The minimum atomic E-state index is -3.52. The van der Waals surface area contributed by atoms with Gasteiger partial charge >= 0.3 is 0 Å². The second-order valence-electron chi connectivity index (χ2n) is 6.70. The van der Waals surface area contributed by atoms with E-state index < -0.39 is 10.0 Å². The molecule has 0 aliphatic carbocycles. The van der Waals surface area contributed by atoms with E-state index in [2.05, 4.69) is 37.2 Å². The first-order chi connectivity index (χ1) is 13.0. The van der Waals surface area contributed by atoms with E-state index in [1.54, 1.807) is 19.3 Å². The van der Waals surface area contributed by atoms with Gasteiger partial charge in [-0.1, -0.05) is 13.3 Å². The highest BCUT2D eigenvalue weighted by Gasteiger charge is 2.19. The number of guanidine groups is 1. The third kappa shape index (κ3) is 8.58. The predicted molar refractivity (Wildman–Crippen MR) is 124 cm³/mol. The summed E-state index contributed by atoms with van der Waals surface area (Å²) in [6, 6.07) is 3.53. The zero-order chi connectivity index (χ0) is 19.5. The van der Waals surface area contributed by atoms with E-state index in [-0.39, 0.29) is 35.4 Å². The number of nitrogens with one attached hydrogen (secondary N) is 3. The SMILES string of the molecule is CCCCN1CCC(NC(=NC)NCCNS(=O)(=O)c2cccnc2)CC1.I. The zero-order valence-electron chi connectivity index (χ0n) is 16.7. The maximum atomic E-state index is 12.1. The van der Waals surface area contributed by atoms with Gasteiger partial charge in [0.05, 0.1) is 0 Å². The average Bonchev–Trinajstić information content (AvgIpc) is 2.70. The highest BCUT2D eigenvalue weighted by molar-refractivity contribution is 14.0. The first-order valence-corrected chi connectivity index (χ1v) is 11.1. The molecule has 1 aromatic rings. The Bertz CT molecular complexity index is 679. The minimum Gasteiger partial charge on any atom is -0.355 e. The summed E-state index contributed by atoms with van der Waals surface area (Å²) >= 11 is 0. The molecule has 28 heavy (non-hydrogen) atoms. The van der Waals surface area contributed by atoms with Crippen molar-refractivity contribution in [2.75, 3.05) is 39.8 Å². The molecule has 1 aliphatic heterocycles. The third-order valence-corrected chi connectivity index (χ3v) is 6.08. The third-order valence-electron chi connectivity index (χ3n) is 4.63. The molecule has 2 rings (SSSR count). The smallest absolute Gasteiger partial charge is 0.242 e. The van der Waals surface area contributed by atoms with Crippen molar-refractivity contribution in [2.24, 2.45) is 4.99 Å². The first-order valence-electron chi connectivity index (χ1n) is 9.64. The number of rotatable bonds is 9. The summed E-state index contributed by atoms with van der Waals surface area (Å²) in [6.45, 7) is 6.36. The van der Waals surface area contributed by atoms with E-state index in [1.807, 2.05) is 0 Å². The Morgan fingerprint density at radius 3 is 2.68 bits per heavy atom. The van der Waals surface area contributed by atoms with Crippen molar-refractivity contribution in [2.45, 2.75) is 43.5 Å². The number of aliphatic imine (C=N–C) groups is 1. The molecule has 0 spiro atoms. The summed E-state index contributed by atoms with van der Waals surface area (Å²) in [5.41, 5.74) is 0. The monoisotopic (exact) mass is 524 g/mol. The summed E-state index contributed by atoms with van der Waals surface area (Å²) in [5, 5.41) is 6.61. The molecule has 10 heteroatoms. The molecule has 1 aromatic heterocycles. The van der Waals surface area contributed by atoms with Gasteiger partial charge in [0.2, 0.25) is 10.0 Å². The molecule has 1 saturated heterocycles. The van der Waals surface area contributed by atoms with Crippen molar-refractivity contribution >= 4 is 40.0 Å². The highest BCUT2D eigenvalue weighted by Crippen LogP contribution is 2.11. The fourth-order valence-corrected chi connectivity index (χ4v) is 4.02. The molecule has 1 aliphatic rings. The van der Waals surface area contributed by atoms with Crippen molar-refractivity contribution in [1.29, 1.82) is 0 Å². The lowest BCUT2D eigenvalue weighted by Gasteiger charge is -2.33. The molecule has 0 radical (unpaired) electrons. The Kier molecular flexibility index (Phi) is 11.9. The van der Waals surface area contributed by atoms with Gasteiger partial charge in [-0.15, -0.1) is 24.0 Å². The molecule has 0 atom stereocenters. The Hall–Kier alpha value is -0.980. The van der Waals surface area contributed by atoms with Crippen LogP contribution in [0.25, 0.3) is 0 Å². The van der Waals surface area contributed by atoms with Crippen molar-refractivity contribution in [3.8, 4) is 0 Å². The number of hydrogen-bond acceptors (Lipinski definition) is 5. The van der Waals surface area contributed by atoms with Crippen LogP contribution < -0.4 is 15.4 Å². The standard InChI is InChI=1S/C18H32N6O2S.HI/c1-3-4-12-24-13-7-16(8-14-24)23-18(19-2)21-10-11-22-27(25,26)17-6-5-9-20-15-17;/h5-6,9,15-16,22H,3-4,7-8,10-14H2,1-2H3,(H2,19,21,23);1H. The number of halogens is 1. The zero-order valence-corrected chi connectivity index (χ0v) is 19.9. The van der Waals surface area contributed by atoms with E-state index in [0.717, 1.165) is 25.9 Å². The molecule has 0 amide bonds. The van der Waals surface area contributed by atoms with Gasteiger partial charge in [-0.3, -0.25) is 9.98 Å². The fourth-order valence-electron chi connectivity index (χ4n) is 3.03. The summed E-state index contributed by atoms with van der Waals surface area (Å²) in [5.74, 6) is 0.711. The molecule has 0 saturated carbocycles. The molecule has 8 nitrogen and oxygen atoms in total. The topological polar surface area (TPSA) is 98.7 Å². The van der Waals surface area contributed by atoms with Crippen LogP contribution in [0, 0.1) is 0 Å². The van der Waals surface area contributed by atoms with Crippen molar-refractivity contribution in [1.82, 2.24) is 25.2 Å². The van der Waals surface area contributed by atoms with Gasteiger partial charge in [-0.25, -0.2) is 13.1 Å². The molecule has 0 unspecified atom stereocenters. The summed E-state index contributed by atoms with van der Waals surface area (Å²) in [6.07, 6.45) is 7.57. The maximum absolute atomic E-state index is 12.1. The van der Waals surface area contributed by atoms with E-state index in [4.69, 9.17) is 0 Å². The Labute approximate surface area is 186 Å². The lowest BCUT2D eigenvalue weighted by molar-refractivity contribution is 0.203. The van der Waals surface area contributed by atoms with Crippen LogP contribution in [0.15, 0.2) is 34.4 Å². The lowest BCUT2D eigenvalue weighted by atomic mass is 10.0. The van der Waals surface area contributed by atoms with Gasteiger partial charge in [0, 0.05) is 51.7 Å². The largest absolute Gasteiger partial charge is 0.355 e.